The van der Waals surface area contributed by atoms with Gasteiger partial charge in [-0.25, -0.2) is 0 Å². The lowest BCUT2D eigenvalue weighted by molar-refractivity contribution is 0.0936. The van der Waals surface area contributed by atoms with Crippen molar-refractivity contribution in [2.75, 3.05) is 5.32 Å². The van der Waals surface area contributed by atoms with Gasteiger partial charge in [-0.1, -0.05) is 66.2 Å². The third-order valence-corrected chi connectivity index (χ3v) is 5.40. The van der Waals surface area contributed by atoms with Crippen LogP contribution in [0.4, 0.5) is 5.69 Å². The molecule has 1 aromatic heterocycles. The summed E-state index contributed by atoms with van der Waals surface area (Å²) in [4.78, 5) is 12.7. The van der Waals surface area contributed by atoms with Crippen LogP contribution in [0.3, 0.4) is 0 Å². The van der Waals surface area contributed by atoms with E-state index in [1.165, 1.54) is 0 Å². The van der Waals surface area contributed by atoms with E-state index in [1.807, 2.05) is 77.6 Å². The van der Waals surface area contributed by atoms with Gasteiger partial charge in [0.15, 0.2) is 0 Å². The van der Waals surface area contributed by atoms with Gasteiger partial charge in [0.05, 0.1) is 17.8 Å². The van der Waals surface area contributed by atoms with Gasteiger partial charge in [0.1, 0.15) is 6.17 Å². The van der Waals surface area contributed by atoms with Crippen molar-refractivity contribution in [3.63, 3.8) is 0 Å². The topological polar surface area (TPSA) is 59.0 Å². The molecule has 0 saturated carbocycles. The molecule has 5 nitrogen and oxygen atoms in total. The smallest absolute Gasteiger partial charge is 0.255 e. The van der Waals surface area contributed by atoms with Gasteiger partial charge in [0.2, 0.25) is 0 Å². The number of fused-ring (bicyclic) bond motifs is 1. The zero-order valence-electron chi connectivity index (χ0n) is 16.0. The van der Waals surface area contributed by atoms with E-state index >= 15 is 0 Å². The quantitative estimate of drug-likeness (QED) is 0.488. The Hall–Kier alpha value is -3.57. The van der Waals surface area contributed by atoms with Gasteiger partial charge in [0, 0.05) is 28.0 Å². The summed E-state index contributed by atoms with van der Waals surface area (Å²) in [5, 5.41) is 12.0. The van der Waals surface area contributed by atoms with Crippen LogP contribution in [0, 0.1) is 0 Å². The third kappa shape index (κ3) is 3.55. The van der Waals surface area contributed by atoms with Crippen LogP contribution in [-0.2, 0) is 6.54 Å². The number of hydrogen-bond donors (Lipinski definition) is 2. The molecule has 30 heavy (non-hydrogen) atoms. The molecule has 2 N–H and O–H groups in total. The molecule has 0 spiro atoms. The SMILES string of the molecule is O=C1N[C@@H](c2cn(Cc3ccccc3)nc2-c2ccc(Cl)cc2)Nc2ccccc21. The summed E-state index contributed by atoms with van der Waals surface area (Å²) in [6, 6.07) is 25.2. The van der Waals surface area contributed by atoms with E-state index in [0.29, 0.717) is 17.1 Å². The normalized spacial score (nSPS) is 15.2. The largest absolute Gasteiger partial charge is 0.361 e. The van der Waals surface area contributed by atoms with Crippen LogP contribution in [0.2, 0.25) is 5.02 Å². The maximum atomic E-state index is 12.7. The van der Waals surface area contributed by atoms with Crippen LogP contribution in [0.15, 0.2) is 85.1 Å². The van der Waals surface area contributed by atoms with Crippen LogP contribution in [0.25, 0.3) is 11.3 Å². The molecule has 6 heteroatoms. The van der Waals surface area contributed by atoms with E-state index in [1.54, 1.807) is 0 Å². The first-order valence-corrected chi connectivity index (χ1v) is 10.1. The summed E-state index contributed by atoms with van der Waals surface area (Å²) in [5.74, 6) is -0.104. The molecule has 0 unspecified atom stereocenters. The molecule has 1 atom stereocenters. The number of amides is 1. The van der Waals surface area contributed by atoms with Crippen molar-refractivity contribution in [3.05, 3.63) is 107 Å². The summed E-state index contributed by atoms with van der Waals surface area (Å²) in [7, 11) is 0. The molecule has 3 aromatic carbocycles. The number of rotatable bonds is 4. The molecule has 4 aromatic rings. The fourth-order valence-electron chi connectivity index (χ4n) is 3.69. The fraction of sp³-hybridized carbons (Fsp3) is 0.0833. The van der Waals surface area contributed by atoms with E-state index < -0.39 is 0 Å². The second-order valence-electron chi connectivity index (χ2n) is 7.22. The van der Waals surface area contributed by atoms with Crippen molar-refractivity contribution in [1.82, 2.24) is 15.1 Å². The summed E-state index contributed by atoms with van der Waals surface area (Å²) >= 11 is 6.08. The van der Waals surface area contributed by atoms with E-state index in [9.17, 15) is 4.79 Å². The predicted octanol–water partition coefficient (Wildman–Crippen LogP) is 5.11. The highest BCUT2D eigenvalue weighted by Crippen LogP contribution is 2.32. The number of halogens is 1. The Kier molecular flexibility index (Phi) is 4.73. The van der Waals surface area contributed by atoms with E-state index in [-0.39, 0.29) is 12.1 Å². The molecule has 2 heterocycles. The van der Waals surface area contributed by atoms with Crippen molar-refractivity contribution < 1.29 is 4.79 Å². The molecular formula is C24H19ClN4O. The first-order chi connectivity index (χ1) is 14.7. The van der Waals surface area contributed by atoms with Crippen molar-refractivity contribution in [1.29, 1.82) is 0 Å². The van der Waals surface area contributed by atoms with Gasteiger partial charge in [-0.2, -0.15) is 5.10 Å². The van der Waals surface area contributed by atoms with Crippen LogP contribution in [-0.4, -0.2) is 15.7 Å². The van der Waals surface area contributed by atoms with Crippen molar-refractivity contribution in [2.45, 2.75) is 12.7 Å². The Labute approximate surface area is 179 Å². The highest BCUT2D eigenvalue weighted by atomic mass is 35.5. The first-order valence-electron chi connectivity index (χ1n) is 9.71. The Balaban J connectivity index is 1.56. The number of nitrogens with one attached hydrogen (secondary N) is 2. The summed E-state index contributed by atoms with van der Waals surface area (Å²) in [6.45, 7) is 0.638. The van der Waals surface area contributed by atoms with Crippen LogP contribution in [0.1, 0.15) is 27.7 Å². The van der Waals surface area contributed by atoms with Crippen LogP contribution >= 0.6 is 11.6 Å². The molecule has 0 fully saturated rings. The van der Waals surface area contributed by atoms with Gasteiger partial charge >= 0.3 is 0 Å². The number of carbonyl (C=O) groups is 1. The van der Waals surface area contributed by atoms with Crippen LogP contribution in [0.5, 0.6) is 0 Å². The second-order valence-corrected chi connectivity index (χ2v) is 7.66. The zero-order chi connectivity index (χ0) is 20.5. The Morgan fingerprint density at radius 2 is 1.63 bits per heavy atom. The average molecular weight is 415 g/mol. The lowest BCUT2D eigenvalue weighted by Gasteiger charge is -2.27. The minimum Gasteiger partial charge on any atom is -0.361 e. The molecule has 1 aliphatic heterocycles. The maximum Gasteiger partial charge on any atom is 0.255 e. The molecule has 0 saturated heterocycles. The van der Waals surface area contributed by atoms with Gasteiger partial charge in [-0.05, 0) is 29.8 Å². The monoisotopic (exact) mass is 414 g/mol. The number of benzene rings is 3. The minimum absolute atomic E-state index is 0.104. The van der Waals surface area contributed by atoms with Crippen molar-refractivity contribution in [3.8, 4) is 11.3 Å². The van der Waals surface area contributed by atoms with E-state index in [0.717, 1.165) is 28.1 Å². The summed E-state index contributed by atoms with van der Waals surface area (Å²) < 4.78 is 1.91. The number of aromatic nitrogens is 2. The third-order valence-electron chi connectivity index (χ3n) is 5.15. The molecule has 0 bridgehead atoms. The van der Waals surface area contributed by atoms with E-state index in [4.69, 9.17) is 16.7 Å². The minimum atomic E-state index is -0.386. The Morgan fingerprint density at radius 1 is 0.900 bits per heavy atom. The molecule has 0 radical (unpaired) electrons. The standard InChI is InChI=1S/C24H19ClN4O/c25-18-12-10-17(11-13-18)22-20(15-29(28-22)14-16-6-2-1-3-7-16)23-26-21-9-5-4-8-19(21)24(30)27-23/h1-13,15,23,26H,14H2,(H,27,30)/t23-/m0/s1. The number of para-hydroxylation sites is 1. The van der Waals surface area contributed by atoms with Gasteiger partial charge in [-0.3, -0.25) is 9.48 Å². The number of carbonyl (C=O) groups excluding carboxylic acids is 1. The molecule has 5 rings (SSSR count). The molecular weight excluding hydrogens is 396 g/mol. The molecule has 148 valence electrons. The fourth-order valence-corrected chi connectivity index (χ4v) is 3.82. The van der Waals surface area contributed by atoms with E-state index in [2.05, 4.69) is 22.8 Å². The molecule has 0 aliphatic carbocycles. The Morgan fingerprint density at radius 3 is 2.43 bits per heavy atom. The Bertz CT molecular complexity index is 1200. The van der Waals surface area contributed by atoms with Crippen molar-refractivity contribution in [2.24, 2.45) is 0 Å². The number of anilines is 1. The lowest BCUT2D eigenvalue weighted by Crippen LogP contribution is -2.38. The first kappa shape index (κ1) is 18.5. The highest BCUT2D eigenvalue weighted by Gasteiger charge is 2.28. The molecule has 1 amide bonds. The average Bonchev–Trinajstić information content (AvgIpc) is 3.19. The van der Waals surface area contributed by atoms with Gasteiger partial charge in [0.25, 0.3) is 5.91 Å². The van der Waals surface area contributed by atoms with Gasteiger partial charge in [-0.15, -0.1) is 0 Å². The molecule has 1 aliphatic rings. The summed E-state index contributed by atoms with van der Waals surface area (Å²) in [6.07, 6.45) is 1.60. The van der Waals surface area contributed by atoms with Crippen LogP contribution < -0.4 is 10.6 Å². The summed E-state index contributed by atoms with van der Waals surface area (Å²) in [5.41, 5.74) is 5.25. The number of nitrogens with zero attached hydrogens (tertiary/aromatic N) is 2. The zero-order valence-corrected chi connectivity index (χ0v) is 16.8. The number of hydrogen-bond acceptors (Lipinski definition) is 3. The van der Waals surface area contributed by atoms with Gasteiger partial charge < -0.3 is 10.6 Å². The highest BCUT2D eigenvalue weighted by molar-refractivity contribution is 6.30. The second kappa shape index (κ2) is 7.69. The van der Waals surface area contributed by atoms with Crippen molar-refractivity contribution >= 4 is 23.2 Å². The lowest BCUT2D eigenvalue weighted by atomic mass is 10.0. The maximum absolute atomic E-state index is 12.7. The predicted molar refractivity (Wildman–Crippen MR) is 118 cm³/mol.